The fourth-order valence-corrected chi connectivity index (χ4v) is 0.857. The van der Waals surface area contributed by atoms with Gasteiger partial charge in [0.05, 0.1) is 12.5 Å². The van der Waals surface area contributed by atoms with E-state index in [9.17, 15) is 4.79 Å². The van der Waals surface area contributed by atoms with Crippen molar-refractivity contribution in [3.05, 3.63) is 0 Å². The van der Waals surface area contributed by atoms with Gasteiger partial charge in [-0.3, -0.25) is 4.79 Å². The summed E-state index contributed by atoms with van der Waals surface area (Å²) in [6.07, 6.45) is 0.662. The van der Waals surface area contributed by atoms with Crippen molar-refractivity contribution in [2.45, 2.75) is 13.3 Å². The van der Waals surface area contributed by atoms with Crippen molar-refractivity contribution >= 4 is 5.97 Å². The Morgan fingerprint density at radius 2 is 2.33 bits per heavy atom. The maximum Gasteiger partial charge on any atom is 0.307 e. The molecule has 1 atom stereocenters. The molecule has 0 aromatic heterocycles. The van der Waals surface area contributed by atoms with Crippen LogP contribution in [0.4, 0.5) is 0 Å². The summed E-state index contributed by atoms with van der Waals surface area (Å²) in [4.78, 5) is 10.5. The van der Waals surface area contributed by atoms with Crippen LogP contribution in [0.15, 0.2) is 0 Å². The highest BCUT2D eigenvalue weighted by Crippen LogP contribution is 1.99. The van der Waals surface area contributed by atoms with Crippen molar-refractivity contribution in [1.82, 2.24) is 5.32 Å². The van der Waals surface area contributed by atoms with Crippen LogP contribution in [0.3, 0.4) is 0 Å². The number of carboxylic acids is 1. The minimum Gasteiger partial charge on any atom is -0.481 e. The zero-order valence-corrected chi connectivity index (χ0v) is 7.67. The third-order valence-electron chi connectivity index (χ3n) is 1.72. The normalized spacial score (nSPS) is 12.8. The molecule has 1 unspecified atom stereocenters. The molecule has 0 fully saturated rings. The van der Waals surface area contributed by atoms with Gasteiger partial charge in [-0.1, -0.05) is 6.92 Å². The molecule has 0 aliphatic heterocycles. The lowest BCUT2D eigenvalue weighted by molar-refractivity contribution is -0.141. The molecule has 4 heteroatoms. The summed E-state index contributed by atoms with van der Waals surface area (Å²) in [5.41, 5.74) is 0. The predicted octanol–water partition coefficient (Wildman–Crippen LogP) is 0.333. The molecule has 0 spiro atoms. The molecular weight excluding hydrogens is 158 g/mol. The Bertz CT molecular complexity index is 127. The Hall–Kier alpha value is -0.610. The second-order valence-electron chi connectivity index (χ2n) is 2.64. The van der Waals surface area contributed by atoms with Gasteiger partial charge in [-0.2, -0.15) is 0 Å². The number of rotatable bonds is 7. The van der Waals surface area contributed by atoms with Crippen molar-refractivity contribution in [2.24, 2.45) is 5.92 Å². The Morgan fingerprint density at radius 3 is 2.75 bits per heavy atom. The van der Waals surface area contributed by atoms with Gasteiger partial charge in [0.2, 0.25) is 0 Å². The average Bonchev–Trinajstić information content (AvgIpc) is 2.04. The van der Waals surface area contributed by atoms with Crippen LogP contribution in [-0.2, 0) is 9.53 Å². The maximum absolute atomic E-state index is 10.5. The lowest BCUT2D eigenvalue weighted by Crippen LogP contribution is -2.30. The molecule has 4 nitrogen and oxygen atoms in total. The van der Waals surface area contributed by atoms with Crippen LogP contribution < -0.4 is 5.32 Å². The highest BCUT2D eigenvalue weighted by molar-refractivity contribution is 5.70. The van der Waals surface area contributed by atoms with Crippen LogP contribution in [-0.4, -0.2) is 37.9 Å². The van der Waals surface area contributed by atoms with Crippen LogP contribution in [0.5, 0.6) is 0 Å². The Labute approximate surface area is 72.9 Å². The Kier molecular flexibility index (Phi) is 6.70. The van der Waals surface area contributed by atoms with Crippen molar-refractivity contribution in [2.75, 3.05) is 26.8 Å². The highest BCUT2D eigenvalue weighted by atomic mass is 16.5. The van der Waals surface area contributed by atoms with Crippen molar-refractivity contribution in [3.8, 4) is 0 Å². The second-order valence-corrected chi connectivity index (χ2v) is 2.64. The summed E-state index contributed by atoms with van der Waals surface area (Å²) in [6, 6.07) is 0. The standard InChI is InChI=1S/C8H17NO3/c1-3-7(8(10)11)6-9-4-5-12-2/h7,9H,3-6H2,1-2H3,(H,10,11). The van der Waals surface area contributed by atoms with Gasteiger partial charge in [-0.15, -0.1) is 0 Å². The molecule has 0 aromatic carbocycles. The molecule has 12 heavy (non-hydrogen) atoms. The number of aliphatic carboxylic acids is 1. The number of methoxy groups -OCH3 is 1. The average molecular weight is 175 g/mol. The Morgan fingerprint density at radius 1 is 1.67 bits per heavy atom. The minimum absolute atomic E-state index is 0.276. The summed E-state index contributed by atoms with van der Waals surface area (Å²) >= 11 is 0. The van der Waals surface area contributed by atoms with E-state index in [4.69, 9.17) is 9.84 Å². The fraction of sp³-hybridized carbons (Fsp3) is 0.875. The van der Waals surface area contributed by atoms with E-state index in [1.54, 1.807) is 7.11 Å². The van der Waals surface area contributed by atoms with Crippen molar-refractivity contribution in [3.63, 3.8) is 0 Å². The van der Waals surface area contributed by atoms with E-state index >= 15 is 0 Å². The third kappa shape index (κ3) is 5.09. The first-order valence-electron chi connectivity index (χ1n) is 4.14. The van der Waals surface area contributed by atoms with E-state index in [0.29, 0.717) is 26.1 Å². The molecule has 0 saturated heterocycles. The van der Waals surface area contributed by atoms with Crippen LogP contribution >= 0.6 is 0 Å². The molecule has 0 aliphatic carbocycles. The molecule has 2 N–H and O–H groups in total. The Balaban J connectivity index is 3.38. The summed E-state index contributed by atoms with van der Waals surface area (Å²) in [5.74, 6) is -1.01. The number of nitrogens with one attached hydrogen (secondary N) is 1. The lowest BCUT2D eigenvalue weighted by Gasteiger charge is -2.10. The number of carbonyl (C=O) groups is 1. The molecule has 0 heterocycles. The topological polar surface area (TPSA) is 58.6 Å². The first kappa shape index (κ1) is 11.4. The van der Waals surface area contributed by atoms with Gasteiger partial charge in [0.25, 0.3) is 0 Å². The summed E-state index contributed by atoms with van der Waals surface area (Å²) < 4.78 is 4.81. The summed E-state index contributed by atoms with van der Waals surface area (Å²) in [5, 5.41) is 11.7. The zero-order chi connectivity index (χ0) is 9.40. The monoisotopic (exact) mass is 175 g/mol. The van der Waals surface area contributed by atoms with Crippen molar-refractivity contribution < 1.29 is 14.6 Å². The van der Waals surface area contributed by atoms with E-state index in [0.717, 1.165) is 0 Å². The lowest BCUT2D eigenvalue weighted by atomic mass is 10.1. The molecule has 72 valence electrons. The number of hydrogen-bond acceptors (Lipinski definition) is 3. The zero-order valence-electron chi connectivity index (χ0n) is 7.67. The molecule has 0 rings (SSSR count). The molecule has 0 amide bonds. The van der Waals surface area contributed by atoms with Gasteiger partial charge < -0.3 is 15.2 Å². The molecular formula is C8H17NO3. The molecule has 0 aromatic rings. The molecule has 0 bridgehead atoms. The van der Waals surface area contributed by atoms with E-state index in [-0.39, 0.29) is 5.92 Å². The molecule has 0 saturated carbocycles. The van der Waals surface area contributed by atoms with Gasteiger partial charge in [0.15, 0.2) is 0 Å². The SMILES string of the molecule is CCC(CNCCOC)C(=O)O. The number of hydrogen-bond donors (Lipinski definition) is 2. The fourth-order valence-electron chi connectivity index (χ4n) is 0.857. The largest absolute Gasteiger partial charge is 0.481 e. The number of carboxylic acid groups (broad SMARTS) is 1. The second kappa shape index (κ2) is 7.06. The first-order valence-corrected chi connectivity index (χ1v) is 4.14. The van der Waals surface area contributed by atoms with Crippen LogP contribution in [0.2, 0.25) is 0 Å². The molecule has 0 radical (unpaired) electrons. The minimum atomic E-state index is -0.734. The van der Waals surface area contributed by atoms with Crippen LogP contribution in [0, 0.1) is 5.92 Å². The van der Waals surface area contributed by atoms with E-state index in [2.05, 4.69) is 5.32 Å². The van der Waals surface area contributed by atoms with Gasteiger partial charge in [-0.25, -0.2) is 0 Å². The highest BCUT2D eigenvalue weighted by Gasteiger charge is 2.13. The van der Waals surface area contributed by atoms with E-state index in [1.165, 1.54) is 0 Å². The summed E-state index contributed by atoms with van der Waals surface area (Å²) in [6.45, 7) is 3.72. The van der Waals surface area contributed by atoms with Gasteiger partial charge in [-0.05, 0) is 6.42 Å². The van der Waals surface area contributed by atoms with Crippen molar-refractivity contribution in [1.29, 1.82) is 0 Å². The summed E-state index contributed by atoms with van der Waals surface area (Å²) in [7, 11) is 1.62. The predicted molar refractivity (Wildman–Crippen MR) is 46.2 cm³/mol. The third-order valence-corrected chi connectivity index (χ3v) is 1.72. The van der Waals surface area contributed by atoms with Gasteiger partial charge >= 0.3 is 5.97 Å². The maximum atomic E-state index is 10.5. The van der Waals surface area contributed by atoms with Crippen LogP contribution in [0.25, 0.3) is 0 Å². The number of ether oxygens (including phenoxy) is 1. The molecule has 0 aliphatic rings. The van der Waals surface area contributed by atoms with Gasteiger partial charge in [0.1, 0.15) is 0 Å². The quantitative estimate of drug-likeness (QED) is 0.547. The van der Waals surface area contributed by atoms with E-state index in [1.807, 2.05) is 6.92 Å². The first-order chi connectivity index (χ1) is 5.72. The van der Waals surface area contributed by atoms with Crippen LogP contribution in [0.1, 0.15) is 13.3 Å². The van der Waals surface area contributed by atoms with E-state index < -0.39 is 5.97 Å². The van der Waals surface area contributed by atoms with Gasteiger partial charge in [0, 0.05) is 20.2 Å². The smallest absolute Gasteiger partial charge is 0.307 e.